The van der Waals surface area contributed by atoms with Gasteiger partial charge in [-0.3, -0.25) is 5.10 Å². The maximum Gasteiger partial charge on any atom is 0.244 e. The van der Waals surface area contributed by atoms with E-state index >= 15 is 0 Å². The van der Waals surface area contributed by atoms with E-state index < -0.39 is 10.0 Å². The Kier molecular flexibility index (Phi) is 4.64. The number of sulfonamides is 1. The molecule has 1 heterocycles. The fourth-order valence-corrected chi connectivity index (χ4v) is 3.44. The predicted octanol–water partition coefficient (Wildman–Crippen LogP) is 1.90. The van der Waals surface area contributed by atoms with E-state index in [4.69, 9.17) is 4.74 Å². The summed E-state index contributed by atoms with van der Waals surface area (Å²) in [4.78, 5) is 0.216. The van der Waals surface area contributed by atoms with Gasteiger partial charge in [-0.05, 0) is 38.5 Å². The highest BCUT2D eigenvalue weighted by atomic mass is 32.2. The molecule has 2 rings (SSSR count). The first-order valence-corrected chi connectivity index (χ1v) is 8.15. The van der Waals surface area contributed by atoms with Gasteiger partial charge in [-0.2, -0.15) is 5.10 Å². The third-order valence-electron chi connectivity index (χ3n) is 3.03. The Hall–Kier alpha value is -1.86. The molecule has 0 bridgehead atoms. The lowest BCUT2D eigenvalue weighted by Gasteiger charge is -2.08. The average Bonchev–Trinajstić information content (AvgIpc) is 2.78. The van der Waals surface area contributed by atoms with Gasteiger partial charge in [0.1, 0.15) is 10.6 Å². The second kappa shape index (κ2) is 6.28. The van der Waals surface area contributed by atoms with Gasteiger partial charge < -0.3 is 4.74 Å². The maximum absolute atomic E-state index is 12.3. The molecule has 114 valence electrons. The molecule has 0 saturated carbocycles. The highest BCUT2D eigenvalue weighted by Crippen LogP contribution is 2.17. The molecule has 0 fully saturated rings. The summed E-state index contributed by atoms with van der Waals surface area (Å²) in [6.07, 6.45) is 0. The van der Waals surface area contributed by atoms with E-state index in [1.807, 2.05) is 31.2 Å². The third kappa shape index (κ3) is 3.62. The maximum atomic E-state index is 12.3. The number of benzene rings is 1. The Balaban J connectivity index is 2.08. The highest BCUT2D eigenvalue weighted by Gasteiger charge is 2.21. The summed E-state index contributed by atoms with van der Waals surface area (Å²) in [6.45, 7) is 6.09. The van der Waals surface area contributed by atoms with Crippen LogP contribution < -0.4 is 9.46 Å². The standard InChI is InChI=1S/C14H19N3O3S/c1-4-20-13-7-5-12(6-8-13)9-15-21(18,19)14-10(2)16-17-11(14)3/h5-8,15H,4,9H2,1-3H3,(H,16,17). The average molecular weight is 309 g/mol. The Morgan fingerprint density at radius 1 is 1.24 bits per heavy atom. The van der Waals surface area contributed by atoms with E-state index in [0.29, 0.717) is 18.0 Å². The monoisotopic (exact) mass is 309 g/mol. The topological polar surface area (TPSA) is 84.1 Å². The lowest BCUT2D eigenvalue weighted by Crippen LogP contribution is -2.24. The van der Waals surface area contributed by atoms with Crippen LogP contribution in [0.4, 0.5) is 0 Å². The number of ether oxygens (including phenoxy) is 1. The summed E-state index contributed by atoms with van der Waals surface area (Å²) < 4.78 is 32.5. The van der Waals surface area contributed by atoms with E-state index in [9.17, 15) is 8.42 Å². The van der Waals surface area contributed by atoms with Crippen LogP contribution in [-0.4, -0.2) is 25.2 Å². The molecule has 0 aliphatic rings. The van der Waals surface area contributed by atoms with Gasteiger partial charge in [0.25, 0.3) is 0 Å². The molecule has 0 radical (unpaired) electrons. The Bertz CT molecular complexity index is 686. The highest BCUT2D eigenvalue weighted by molar-refractivity contribution is 7.89. The Morgan fingerprint density at radius 3 is 2.43 bits per heavy atom. The molecule has 0 aliphatic heterocycles. The van der Waals surface area contributed by atoms with E-state index in [0.717, 1.165) is 11.3 Å². The summed E-state index contributed by atoms with van der Waals surface area (Å²) in [5, 5.41) is 6.59. The molecule has 6 nitrogen and oxygen atoms in total. The van der Waals surface area contributed by atoms with Crippen molar-refractivity contribution in [2.24, 2.45) is 0 Å². The Labute approximate surface area is 124 Å². The van der Waals surface area contributed by atoms with Crippen molar-refractivity contribution in [2.75, 3.05) is 6.61 Å². The molecule has 2 aromatic rings. The second-order valence-electron chi connectivity index (χ2n) is 4.66. The van der Waals surface area contributed by atoms with Crippen LogP contribution in [0.3, 0.4) is 0 Å². The number of hydrogen-bond acceptors (Lipinski definition) is 4. The first-order valence-electron chi connectivity index (χ1n) is 6.67. The van der Waals surface area contributed by atoms with E-state index in [1.165, 1.54) is 0 Å². The molecule has 0 unspecified atom stereocenters. The molecular formula is C14H19N3O3S. The van der Waals surface area contributed by atoms with E-state index in [-0.39, 0.29) is 11.4 Å². The van der Waals surface area contributed by atoms with Gasteiger partial charge in [0, 0.05) is 6.54 Å². The van der Waals surface area contributed by atoms with Crippen molar-refractivity contribution in [1.29, 1.82) is 0 Å². The quantitative estimate of drug-likeness (QED) is 0.853. The van der Waals surface area contributed by atoms with Gasteiger partial charge in [-0.1, -0.05) is 12.1 Å². The summed E-state index contributed by atoms with van der Waals surface area (Å²) in [5.74, 6) is 0.769. The zero-order valence-corrected chi connectivity index (χ0v) is 13.1. The van der Waals surface area contributed by atoms with Crippen LogP contribution in [0.2, 0.25) is 0 Å². The predicted molar refractivity (Wildman–Crippen MR) is 79.7 cm³/mol. The fourth-order valence-electron chi connectivity index (χ4n) is 2.06. The van der Waals surface area contributed by atoms with Crippen molar-refractivity contribution >= 4 is 10.0 Å². The van der Waals surface area contributed by atoms with Gasteiger partial charge >= 0.3 is 0 Å². The molecular weight excluding hydrogens is 290 g/mol. The molecule has 0 amide bonds. The zero-order chi connectivity index (χ0) is 15.5. The number of aromatic nitrogens is 2. The summed E-state index contributed by atoms with van der Waals surface area (Å²) in [5.41, 5.74) is 1.86. The number of nitrogens with zero attached hydrogens (tertiary/aromatic N) is 1. The minimum absolute atomic E-state index is 0.216. The van der Waals surface area contributed by atoms with Gasteiger partial charge in [-0.15, -0.1) is 0 Å². The number of rotatable bonds is 6. The molecule has 1 aromatic carbocycles. The fraction of sp³-hybridized carbons (Fsp3) is 0.357. The molecule has 7 heteroatoms. The van der Waals surface area contributed by atoms with Crippen LogP contribution >= 0.6 is 0 Å². The van der Waals surface area contributed by atoms with Crippen LogP contribution in [-0.2, 0) is 16.6 Å². The summed E-state index contributed by atoms with van der Waals surface area (Å²) in [6, 6.07) is 7.31. The van der Waals surface area contributed by atoms with Gasteiger partial charge in [-0.25, -0.2) is 13.1 Å². The van der Waals surface area contributed by atoms with Gasteiger partial charge in [0.2, 0.25) is 10.0 Å². The normalized spacial score (nSPS) is 11.6. The van der Waals surface area contributed by atoms with E-state index in [2.05, 4.69) is 14.9 Å². The lowest BCUT2D eigenvalue weighted by atomic mass is 10.2. The molecule has 0 spiro atoms. The molecule has 1 aromatic heterocycles. The lowest BCUT2D eigenvalue weighted by molar-refractivity contribution is 0.340. The molecule has 2 N–H and O–H groups in total. The third-order valence-corrected chi connectivity index (χ3v) is 4.69. The molecule has 21 heavy (non-hydrogen) atoms. The number of aryl methyl sites for hydroxylation is 2. The van der Waals surface area contributed by atoms with Crippen molar-refractivity contribution in [2.45, 2.75) is 32.2 Å². The van der Waals surface area contributed by atoms with Crippen molar-refractivity contribution < 1.29 is 13.2 Å². The molecule has 0 atom stereocenters. The first kappa shape index (κ1) is 15.5. The van der Waals surface area contributed by atoms with Gasteiger partial charge in [0.05, 0.1) is 18.0 Å². The number of nitrogens with one attached hydrogen (secondary N) is 2. The smallest absolute Gasteiger partial charge is 0.244 e. The number of H-pyrrole nitrogens is 1. The summed E-state index contributed by atoms with van der Waals surface area (Å²) >= 11 is 0. The SMILES string of the molecule is CCOc1ccc(CNS(=O)(=O)c2c(C)n[nH]c2C)cc1. The second-order valence-corrected chi connectivity index (χ2v) is 6.37. The van der Waals surface area contributed by atoms with Crippen LogP contribution in [0.15, 0.2) is 29.2 Å². The molecule has 0 saturated heterocycles. The van der Waals surface area contributed by atoms with Crippen molar-refractivity contribution in [3.63, 3.8) is 0 Å². The minimum atomic E-state index is -3.57. The minimum Gasteiger partial charge on any atom is -0.494 e. The van der Waals surface area contributed by atoms with Crippen molar-refractivity contribution in [3.8, 4) is 5.75 Å². The van der Waals surface area contributed by atoms with Gasteiger partial charge in [0.15, 0.2) is 0 Å². The zero-order valence-electron chi connectivity index (χ0n) is 12.3. The largest absolute Gasteiger partial charge is 0.494 e. The van der Waals surface area contributed by atoms with Crippen LogP contribution in [0.5, 0.6) is 5.75 Å². The van der Waals surface area contributed by atoms with Crippen LogP contribution in [0.1, 0.15) is 23.9 Å². The molecule has 0 aliphatic carbocycles. The van der Waals surface area contributed by atoms with Crippen LogP contribution in [0.25, 0.3) is 0 Å². The number of aromatic amines is 1. The van der Waals surface area contributed by atoms with Crippen molar-refractivity contribution in [1.82, 2.24) is 14.9 Å². The van der Waals surface area contributed by atoms with E-state index in [1.54, 1.807) is 13.8 Å². The first-order chi connectivity index (χ1) is 9.94. The Morgan fingerprint density at radius 2 is 1.90 bits per heavy atom. The van der Waals surface area contributed by atoms with Crippen LogP contribution in [0, 0.1) is 13.8 Å². The summed E-state index contributed by atoms with van der Waals surface area (Å²) in [7, 11) is -3.57. The number of hydrogen-bond donors (Lipinski definition) is 2. The van der Waals surface area contributed by atoms with Crippen molar-refractivity contribution in [3.05, 3.63) is 41.2 Å².